The van der Waals surface area contributed by atoms with Crippen LogP contribution in [0.1, 0.15) is 85.5 Å². The Morgan fingerprint density at radius 1 is 1.15 bits per heavy atom. The van der Waals surface area contributed by atoms with Gasteiger partial charge in [0.1, 0.15) is 0 Å². The normalized spacial score (nSPS) is 47.3. The van der Waals surface area contributed by atoms with Crippen molar-refractivity contribution in [2.45, 2.75) is 97.5 Å². The van der Waals surface area contributed by atoms with Crippen LogP contribution in [-0.4, -0.2) is 36.0 Å². The quantitative estimate of drug-likeness (QED) is 0.529. The predicted molar refractivity (Wildman–Crippen MR) is 122 cm³/mol. The van der Waals surface area contributed by atoms with Crippen LogP contribution < -0.4 is 0 Å². The van der Waals surface area contributed by atoms with E-state index in [1.807, 2.05) is 13.8 Å². The summed E-state index contributed by atoms with van der Waals surface area (Å²) in [5, 5.41) is 11.6. The number of esters is 1. The molecule has 0 saturated heterocycles. The van der Waals surface area contributed by atoms with Crippen molar-refractivity contribution >= 4 is 11.8 Å². The summed E-state index contributed by atoms with van der Waals surface area (Å²) in [7, 11) is 1.42. The van der Waals surface area contributed by atoms with Crippen LogP contribution in [0.3, 0.4) is 0 Å². The van der Waals surface area contributed by atoms with Crippen LogP contribution >= 0.6 is 0 Å². The van der Waals surface area contributed by atoms with Gasteiger partial charge in [-0.3, -0.25) is 9.59 Å². The maximum Gasteiger partial charge on any atom is 0.308 e. The number of aliphatic hydroxyl groups is 1. The Morgan fingerprint density at radius 3 is 2.45 bits per heavy atom. The third-order valence-electron chi connectivity index (χ3n) is 11.1. The molecule has 0 amide bonds. The molecule has 0 unspecified atom stereocenters. The molecule has 0 aromatic rings. The fraction of sp³-hybridized carbons (Fsp3) is 0.926. The lowest BCUT2D eigenvalue weighted by atomic mass is 9.41. The molecule has 6 heteroatoms. The summed E-state index contributed by atoms with van der Waals surface area (Å²) in [6, 6.07) is 0. The maximum absolute atomic E-state index is 15.3. The number of Topliss-reactive ketones (excluding diaryl/α,β-unsaturated/α-hetero) is 1. The van der Waals surface area contributed by atoms with Gasteiger partial charge in [0.2, 0.25) is 5.78 Å². The summed E-state index contributed by atoms with van der Waals surface area (Å²) in [5.41, 5.74) is -0.565. The number of carbonyl (C=O) groups excluding carboxylic acids is 2. The number of carbonyl (C=O) groups is 2. The lowest BCUT2D eigenvalue weighted by Gasteiger charge is -2.65. The van der Waals surface area contributed by atoms with Gasteiger partial charge in [-0.1, -0.05) is 34.1 Å². The number of alkyl halides is 2. The molecule has 0 bridgehead atoms. The molecular weight excluding hydrogens is 426 g/mol. The molecule has 4 saturated carbocycles. The average Bonchev–Trinajstić information content (AvgIpc) is 3.13. The van der Waals surface area contributed by atoms with Gasteiger partial charge in [0.05, 0.1) is 13.2 Å². The Morgan fingerprint density at radius 2 is 1.82 bits per heavy atom. The van der Waals surface area contributed by atoms with Crippen LogP contribution in [0.2, 0.25) is 0 Å². The van der Waals surface area contributed by atoms with E-state index in [1.54, 1.807) is 0 Å². The Bertz CT molecular complexity index is 784. The van der Waals surface area contributed by atoms with Crippen molar-refractivity contribution in [1.82, 2.24) is 0 Å². The van der Waals surface area contributed by atoms with E-state index in [-0.39, 0.29) is 29.6 Å². The number of rotatable bonds is 5. The topological polar surface area (TPSA) is 63.6 Å². The van der Waals surface area contributed by atoms with Crippen molar-refractivity contribution in [2.24, 2.45) is 52.3 Å². The zero-order chi connectivity index (χ0) is 24.3. The number of methoxy groups -OCH3 is 1. The van der Waals surface area contributed by atoms with E-state index in [0.29, 0.717) is 37.0 Å². The first-order valence-corrected chi connectivity index (χ1v) is 13.1. The minimum absolute atomic E-state index is 0.0109. The molecule has 10 atom stereocenters. The van der Waals surface area contributed by atoms with Gasteiger partial charge in [0.15, 0.2) is 0 Å². The third kappa shape index (κ3) is 3.60. The van der Waals surface area contributed by atoms with E-state index in [9.17, 15) is 14.7 Å². The van der Waals surface area contributed by atoms with Crippen LogP contribution in [0.5, 0.6) is 0 Å². The van der Waals surface area contributed by atoms with E-state index in [1.165, 1.54) is 7.11 Å². The highest BCUT2D eigenvalue weighted by atomic mass is 19.3. The summed E-state index contributed by atoms with van der Waals surface area (Å²) in [4.78, 5) is 24.0. The SMILES string of the molecule is CC[C@H]1[C@@H](O)[C@@H]2[C@H](CC[C@]3(C)[C@@H]([C@H](C)CCC(=O)OC)CC[C@@H]23)[C@@]2(C)CCC(=O)C(F)(F)[C@@H]12. The minimum Gasteiger partial charge on any atom is -0.469 e. The van der Waals surface area contributed by atoms with Crippen LogP contribution in [-0.2, 0) is 14.3 Å². The number of halogens is 2. The molecule has 0 aliphatic heterocycles. The molecule has 4 aliphatic carbocycles. The van der Waals surface area contributed by atoms with Crippen LogP contribution in [0.15, 0.2) is 0 Å². The van der Waals surface area contributed by atoms with Crippen LogP contribution in [0, 0.1) is 52.3 Å². The van der Waals surface area contributed by atoms with Gasteiger partial charge in [0, 0.05) is 18.8 Å². The molecule has 0 aromatic heterocycles. The summed E-state index contributed by atoms with van der Waals surface area (Å²) in [5.74, 6) is -4.89. The number of hydrogen-bond acceptors (Lipinski definition) is 4. The van der Waals surface area contributed by atoms with Crippen molar-refractivity contribution < 1.29 is 28.2 Å². The standard InChI is InChI=1S/C27H42F2O4/c1-6-16-23(32)22-18-9-8-17(15(2)7-10-21(31)33-5)25(18,3)13-11-19(22)26(4)14-12-20(30)27(28,29)24(16)26/h15-19,22-24,32H,6-14H2,1-5H3/t15-,16+,17-,18+,19+,22+,23-,24+,25-,26-/m1/s1. The summed E-state index contributed by atoms with van der Waals surface area (Å²) in [6.45, 7) is 8.46. The number of fused-ring (bicyclic) bond motifs is 5. The first kappa shape index (κ1) is 25.1. The smallest absolute Gasteiger partial charge is 0.308 e. The first-order valence-electron chi connectivity index (χ1n) is 13.1. The van der Waals surface area contributed by atoms with Gasteiger partial charge >= 0.3 is 11.9 Å². The van der Waals surface area contributed by atoms with Crippen LogP contribution in [0.25, 0.3) is 0 Å². The highest BCUT2D eigenvalue weighted by molar-refractivity contribution is 5.87. The fourth-order valence-electron chi connectivity index (χ4n) is 9.49. The molecule has 4 aliphatic rings. The van der Waals surface area contributed by atoms with E-state index >= 15 is 8.78 Å². The largest absolute Gasteiger partial charge is 0.469 e. The Balaban J connectivity index is 1.64. The second-order valence-electron chi connectivity index (χ2n) is 12.2. The van der Waals surface area contributed by atoms with Gasteiger partial charge in [-0.25, -0.2) is 0 Å². The Hall–Kier alpha value is -1.04. The lowest BCUT2D eigenvalue weighted by molar-refractivity contribution is -0.248. The molecule has 0 radical (unpaired) electrons. The summed E-state index contributed by atoms with van der Waals surface area (Å²) >= 11 is 0. The van der Waals surface area contributed by atoms with Crippen LogP contribution in [0.4, 0.5) is 8.78 Å². The molecule has 0 aromatic carbocycles. The average molecular weight is 469 g/mol. The molecule has 33 heavy (non-hydrogen) atoms. The van der Waals surface area contributed by atoms with E-state index in [4.69, 9.17) is 4.74 Å². The lowest BCUT2D eigenvalue weighted by Crippen LogP contribution is -2.67. The van der Waals surface area contributed by atoms with Crippen molar-refractivity contribution in [3.8, 4) is 0 Å². The van der Waals surface area contributed by atoms with Crippen molar-refractivity contribution in [3.63, 3.8) is 0 Å². The van der Waals surface area contributed by atoms with E-state index in [2.05, 4.69) is 13.8 Å². The number of ether oxygens (including phenoxy) is 1. The third-order valence-corrected chi connectivity index (χ3v) is 11.1. The van der Waals surface area contributed by atoms with Crippen molar-refractivity contribution in [3.05, 3.63) is 0 Å². The monoisotopic (exact) mass is 468 g/mol. The number of ketones is 1. The van der Waals surface area contributed by atoms with Gasteiger partial charge in [-0.15, -0.1) is 0 Å². The van der Waals surface area contributed by atoms with Gasteiger partial charge in [-0.2, -0.15) is 8.78 Å². The summed E-state index contributed by atoms with van der Waals surface area (Å²) < 4.78 is 35.5. The molecule has 0 spiro atoms. The molecule has 188 valence electrons. The number of hydrogen-bond donors (Lipinski definition) is 1. The van der Waals surface area contributed by atoms with Gasteiger partial charge in [0.25, 0.3) is 0 Å². The second kappa shape index (κ2) is 8.57. The van der Waals surface area contributed by atoms with Crippen molar-refractivity contribution in [1.29, 1.82) is 0 Å². The molecule has 0 heterocycles. The summed E-state index contributed by atoms with van der Waals surface area (Å²) in [6.07, 6.45) is 5.23. The highest BCUT2D eigenvalue weighted by Gasteiger charge is 2.71. The molecule has 4 nitrogen and oxygen atoms in total. The molecule has 4 fully saturated rings. The number of aliphatic hydroxyl groups excluding tert-OH is 1. The van der Waals surface area contributed by atoms with E-state index < -0.39 is 35.1 Å². The second-order valence-corrected chi connectivity index (χ2v) is 12.2. The predicted octanol–water partition coefficient (Wildman–Crippen LogP) is 5.66. The minimum atomic E-state index is -3.35. The zero-order valence-corrected chi connectivity index (χ0v) is 20.9. The van der Waals surface area contributed by atoms with Crippen molar-refractivity contribution in [2.75, 3.05) is 7.11 Å². The highest BCUT2D eigenvalue weighted by Crippen LogP contribution is 2.70. The molecule has 4 rings (SSSR count). The fourth-order valence-corrected chi connectivity index (χ4v) is 9.49. The van der Waals surface area contributed by atoms with Gasteiger partial charge in [-0.05, 0) is 84.9 Å². The Kier molecular flexibility index (Phi) is 6.51. The maximum atomic E-state index is 15.3. The Labute approximate surface area is 197 Å². The first-order chi connectivity index (χ1) is 15.4. The van der Waals surface area contributed by atoms with Gasteiger partial charge < -0.3 is 9.84 Å². The van der Waals surface area contributed by atoms with E-state index in [0.717, 1.165) is 32.1 Å². The zero-order valence-electron chi connectivity index (χ0n) is 20.9. The molecular formula is C27H42F2O4. The molecule has 1 N–H and O–H groups in total.